The Kier molecular flexibility index (Phi) is 8.19. The van der Waals surface area contributed by atoms with Gasteiger partial charge in [0.25, 0.3) is 5.91 Å². The van der Waals surface area contributed by atoms with Crippen LogP contribution in [0.25, 0.3) is 0 Å². The number of aromatic nitrogens is 1. The van der Waals surface area contributed by atoms with Gasteiger partial charge in [-0.3, -0.25) is 9.78 Å². The third-order valence-corrected chi connectivity index (χ3v) is 5.19. The van der Waals surface area contributed by atoms with Crippen molar-refractivity contribution in [3.8, 4) is 5.75 Å². The summed E-state index contributed by atoms with van der Waals surface area (Å²) in [6.45, 7) is 5.28. The van der Waals surface area contributed by atoms with E-state index in [-0.39, 0.29) is 5.91 Å². The van der Waals surface area contributed by atoms with Gasteiger partial charge >= 0.3 is 0 Å². The van der Waals surface area contributed by atoms with Gasteiger partial charge in [-0.25, -0.2) is 0 Å². The van der Waals surface area contributed by atoms with Gasteiger partial charge in [-0.1, -0.05) is 49.4 Å². The third-order valence-electron chi connectivity index (χ3n) is 5.19. The first kappa shape index (κ1) is 22.5. The fraction of sp³-hybridized carbons (Fsp3) is 0.308. The van der Waals surface area contributed by atoms with Gasteiger partial charge in [0.2, 0.25) is 0 Å². The number of nitrogens with zero attached hydrogens (tertiary/aromatic N) is 2. The van der Waals surface area contributed by atoms with Crippen LogP contribution in [0.3, 0.4) is 0 Å². The average Bonchev–Trinajstić information content (AvgIpc) is 2.83. The molecule has 1 unspecified atom stereocenters. The van der Waals surface area contributed by atoms with Crippen molar-refractivity contribution in [2.75, 3.05) is 7.11 Å². The van der Waals surface area contributed by atoms with Crippen molar-refractivity contribution in [2.24, 2.45) is 0 Å². The minimum Gasteiger partial charge on any atom is -0.497 e. The fourth-order valence-corrected chi connectivity index (χ4v) is 3.34. The summed E-state index contributed by atoms with van der Waals surface area (Å²) in [6, 6.07) is 20.0. The number of carbonyl (C=O) groups excluding carboxylic acids is 1. The van der Waals surface area contributed by atoms with Gasteiger partial charge in [0, 0.05) is 25.5 Å². The van der Waals surface area contributed by atoms with E-state index in [9.17, 15) is 4.79 Å². The summed E-state index contributed by atoms with van der Waals surface area (Å²) in [5.74, 6) is 0.722. The molecule has 5 nitrogen and oxygen atoms in total. The first-order valence-electron chi connectivity index (χ1n) is 10.6. The lowest BCUT2D eigenvalue weighted by molar-refractivity contribution is -0.144. The highest BCUT2D eigenvalue weighted by Crippen LogP contribution is 2.16. The third kappa shape index (κ3) is 6.66. The Morgan fingerprint density at radius 2 is 1.68 bits per heavy atom. The first-order chi connectivity index (χ1) is 15.1. The number of rotatable bonds is 10. The maximum atomic E-state index is 13.3. The summed E-state index contributed by atoms with van der Waals surface area (Å²) < 4.78 is 11.2. The number of hydrogen-bond donors (Lipinski definition) is 0. The van der Waals surface area contributed by atoms with Crippen molar-refractivity contribution in [1.29, 1.82) is 0 Å². The second-order valence-electron chi connectivity index (χ2n) is 7.53. The smallest absolute Gasteiger partial charge is 0.252 e. The van der Waals surface area contributed by atoms with E-state index < -0.39 is 6.10 Å². The number of methoxy groups -OCH3 is 1. The lowest BCUT2D eigenvalue weighted by Gasteiger charge is -2.26. The molecule has 0 aliphatic carbocycles. The highest BCUT2D eigenvalue weighted by Gasteiger charge is 2.22. The normalized spacial score (nSPS) is 11.7. The van der Waals surface area contributed by atoms with Crippen LogP contribution in [0.4, 0.5) is 0 Å². The number of ether oxygens (including phenoxy) is 2. The Labute approximate surface area is 184 Å². The molecule has 0 aliphatic heterocycles. The zero-order valence-electron chi connectivity index (χ0n) is 18.5. The molecule has 1 amide bonds. The summed E-state index contributed by atoms with van der Waals surface area (Å²) in [6.07, 6.45) is 3.95. The van der Waals surface area contributed by atoms with Crippen molar-refractivity contribution in [3.05, 3.63) is 95.3 Å². The molecule has 162 valence electrons. The van der Waals surface area contributed by atoms with Gasteiger partial charge in [-0.2, -0.15) is 0 Å². The number of carbonyl (C=O) groups is 1. The molecule has 0 saturated carbocycles. The lowest BCUT2D eigenvalue weighted by atomic mass is 10.1. The van der Waals surface area contributed by atoms with Crippen molar-refractivity contribution in [2.45, 2.75) is 46.1 Å². The van der Waals surface area contributed by atoms with E-state index >= 15 is 0 Å². The van der Waals surface area contributed by atoms with Crippen LogP contribution in [0.5, 0.6) is 5.75 Å². The van der Waals surface area contributed by atoms with Crippen LogP contribution in [-0.4, -0.2) is 29.0 Å². The predicted molar refractivity (Wildman–Crippen MR) is 122 cm³/mol. The molecule has 3 aromatic rings. The monoisotopic (exact) mass is 418 g/mol. The maximum Gasteiger partial charge on any atom is 0.252 e. The molecular formula is C26H30N2O3. The van der Waals surface area contributed by atoms with Crippen LogP contribution in [-0.2, 0) is 35.6 Å². The molecule has 1 heterocycles. The van der Waals surface area contributed by atoms with Crippen molar-refractivity contribution in [1.82, 2.24) is 9.88 Å². The minimum atomic E-state index is -0.571. The molecule has 5 heteroatoms. The first-order valence-corrected chi connectivity index (χ1v) is 10.6. The van der Waals surface area contributed by atoms with Gasteiger partial charge in [0.15, 0.2) is 0 Å². The number of pyridine rings is 1. The average molecular weight is 419 g/mol. The number of amides is 1. The van der Waals surface area contributed by atoms with Gasteiger partial charge in [-0.05, 0) is 53.8 Å². The molecule has 1 aromatic heterocycles. The second-order valence-corrected chi connectivity index (χ2v) is 7.53. The van der Waals surface area contributed by atoms with Gasteiger partial charge in [-0.15, -0.1) is 0 Å². The van der Waals surface area contributed by atoms with E-state index in [0.717, 1.165) is 28.9 Å². The highest BCUT2D eigenvalue weighted by atomic mass is 16.5. The summed E-state index contributed by atoms with van der Waals surface area (Å²) in [4.78, 5) is 19.3. The van der Waals surface area contributed by atoms with Crippen molar-refractivity contribution < 1.29 is 14.3 Å². The van der Waals surface area contributed by atoms with Crippen LogP contribution in [0.2, 0.25) is 0 Å². The van der Waals surface area contributed by atoms with Crippen LogP contribution in [0.1, 0.15) is 36.1 Å². The molecule has 31 heavy (non-hydrogen) atoms. The summed E-state index contributed by atoms with van der Waals surface area (Å²) in [7, 11) is 1.63. The van der Waals surface area contributed by atoms with Gasteiger partial charge < -0.3 is 14.4 Å². The zero-order chi connectivity index (χ0) is 22.1. The van der Waals surface area contributed by atoms with Crippen LogP contribution in [0.15, 0.2) is 73.1 Å². The molecule has 0 N–H and O–H groups in total. The number of benzene rings is 2. The summed E-state index contributed by atoms with van der Waals surface area (Å²) in [5, 5.41) is 0. The Morgan fingerprint density at radius 1 is 0.968 bits per heavy atom. The molecule has 3 rings (SSSR count). The van der Waals surface area contributed by atoms with E-state index in [1.165, 1.54) is 5.56 Å². The molecule has 0 fully saturated rings. The molecule has 0 spiro atoms. The van der Waals surface area contributed by atoms with Crippen LogP contribution >= 0.6 is 0 Å². The Morgan fingerprint density at radius 3 is 2.35 bits per heavy atom. The Bertz CT molecular complexity index is 958. The molecule has 0 saturated heterocycles. The predicted octanol–water partition coefficient (Wildman–Crippen LogP) is 4.79. The molecule has 1 atom stereocenters. The zero-order valence-corrected chi connectivity index (χ0v) is 18.5. The van der Waals surface area contributed by atoms with Crippen molar-refractivity contribution >= 4 is 5.91 Å². The van der Waals surface area contributed by atoms with Gasteiger partial charge in [0.05, 0.1) is 13.7 Å². The van der Waals surface area contributed by atoms with E-state index in [4.69, 9.17) is 9.47 Å². The topological polar surface area (TPSA) is 51.7 Å². The van der Waals surface area contributed by atoms with Crippen molar-refractivity contribution in [3.63, 3.8) is 0 Å². The fourth-order valence-electron chi connectivity index (χ4n) is 3.34. The molecule has 0 aliphatic rings. The minimum absolute atomic E-state index is 0.0497. The highest BCUT2D eigenvalue weighted by molar-refractivity contribution is 5.80. The maximum absolute atomic E-state index is 13.3. The molecule has 2 aromatic carbocycles. The second kappa shape index (κ2) is 11.3. The van der Waals surface area contributed by atoms with E-state index in [1.807, 2.05) is 41.3 Å². The lowest BCUT2D eigenvalue weighted by Crippen LogP contribution is -2.38. The quantitative estimate of drug-likeness (QED) is 0.475. The largest absolute Gasteiger partial charge is 0.497 e. The van der Waals surface area contributed by atoms with Gasteiger partial charge in [0.1, 0.15) is 11.9 Å². The molecular weight excluding hydrogens is 388 g/mol. The SMILES string of the molecule is CCc1ccc(CN(Cc2cccnc2)C(=O)C(C)OCc2cccc(OC)c2)cc1. The molecule has 0 radical (unpaired) electrons. The van der Waals surface area contributed by atoms with E-state index in [2.05, 4.69) is 36.2 Å². The summed E-state index contributed by atoms with van der Waals surface area (Å²) in [5.41, 5.74) is 4.33. The number of aryl methyl sites for hydroxylation is 1. The van der Waals surface area contributed by atoms with Crippen LogP contribution in [0, 0.1) is 0 Å². The Balaban J connectivity index is 1.70. The Hall–Kier alpha value is -3.18. The standard InChI is InChI=1S/C26H30N2O3/c1-4-21-10-12-22(13-11-21)17-28(18-24-8-6-14-27-16-24)26(29)20(2)31-19-23-7-5-9-25(15-23)30-3/h5-16,20H,4,17-19H2,1-3H3. The van der Waals surface area contributed by atoms with Crippen LogP contribution < -0.4 is 4.74 Å². The van der Waals surface area contributed by atoms with E-state index in [0.29, 0.717) is 19.7 Å². The molecule has 0 bridgehead atoms. The summed E-state index contributed by atoms with van der Waals surface area (Å²) >= 11 is 0. The number of hydrogen-bond acceptors (Lipinski definition) is 4. The van der Waals surface area contributed by atoms with E-state index in [1.54, 1.807) is 26.4 Å².